The van der Waals surface area contributed by atoms with Crippen LogP contribution in [-0.4, -0.2) is 12.0 Å². The molecule has 0 aromatic heterocycles. The molecule has 0 saturated carbocycles. The molecule has 2 N–H and O–H groups in total. The number of fused-ring (bicyclic) bond motifs is 2. The Hall–Kier alpha value is -2.82. The van der Waals surface area contributed by atoms with E-state index in [0.29, 0.717) is 12.1 Å². The average molecular weight is 380 g/mol. The van der Waals surface area contributed by atoms with Crippen molar-refractivity contribution in [1.82, 2.24) is 0 Å². The number of carbonyl (C=O) groups excluding carboxylic acids is 2. The van der Waals surface area contributed by atoms with Gasteiger partial charge in [-0.2, -0.15) is 0 Å². The molecule has 5 nitrogen and oxygen atoms in total. The summed E-state index contributed by atoms with van der Waals surface area (Å²) in [4.78, 5) is 26.7. The molecule has 2 aromatic rings. The van der Waals surface area contributed by atoms with E-state index in [1.807, 2.05) is 55.5 Å². The van der Waals surface area contributed by atoms with Gasteiger partial charge in [-0.3, -0.25) is 9.69 Å². The zero-order valence-corrected chi connectivity index (χ0v) is 16.6. The number of rotatable bonds is 6. The number of nitrogens with zero attached hydrogens (tertiary/aromatic N) is 1. The van der Waals surface area contributed by atoms with Crippen LogP contribution in [0, 0.1) is 5.92 Å². The van der Waals surface area contributed by atoms with Crippen molar-refractivity contribution in [3.05, 3.63) is 59.7 Å². The lowest BCUT2D eigenvalue weighted by atomic mass is 9.98. The largest absolute Gasteiger partial charge is 0.457 e. The number of urea groups is 1. The number of hydrogen-bond donors (Lipinski definition) is 1. The highest BCUT2D eigenvalue weighted by atomic mass is 16.5. The first-order chi connectivity index (χ1) is 13.6. The predicted octanol–water partition coefficient (Wildman–Crippen LogP) is 5.26. The minimum absolute atomic E-state index is 0.0992. The lowest BCUT2D eigenvalue weighted by Crippen LogP contribution is -2.32. The number of ether oxygens (including phenoxy) is 1. The zero-order valence-electron chi connectivity index (χ0n) is 16.6. The lowest BCUT2D eigenvalue weighted by molar-refractivity contribution is -0.154. The monoisotopic (exact) mass is 380 g/mol. The van der Waals surface area contributed by atoms with Crippen molar-refractivity contribution in [2.24, 2.45) is 11.7 Å². The van der Waals surface area contributed by atoms with Crippen LogP contribution in [0.2, 0.25) is 0 Å². The van der Waals surface area contributed by atoms with Gasteiger partial charge in [0.25, 0.3) is 0 Å². The summed E-state index contributed by atoms with van der Waals surface area (Å²) in [5.74, 6) is -0.265. The fraction of sp³-hybridized carbons (Fsp3) is 0.391. The van der Waals surface area contributed by atoms with E-state index in [2.05, 4.69) is 6.92 Å². The Labute approximate surface area is 166 Å². The van der Waals surface area contributed by atoms with Crippen molar-refractivity contribution < 1.29 is 14.3 Å². The van der Waals surface area contributed by atoms with Gasteiger partial charge in [0.1, 0.15) is 6.10 Å². The Morgan fingerprint density at radius 1 is 1.11 bits per heavy atom. The third-order valence-corrected chi connectivity index (χ3v) is 5.37. The number of primary amides is 1. The molecule has 1 heterocycles. The van der Waals surface area contributed by atoms with E-state index in [9.17, 15) is 9.59 Å². The van der Waals surface area contributed by atoms with Crippen molar-refractivity contribution in [1.29, 1.82) is 0 Å². The molecule has 0 fully saturated rings. The van der Waals surface area contributed by atoms with Gasteiger partial charge in [0.15, 0.2) is 0 Å². The van der Waals surface area contributed by atoms with Crippen LogP contribution >= 0.6 is 0 Å². The average Bonchev–Trinajstić information content (AvgIpc) is 2.83. The molecule has 0 aliphatic carbocycles. The van der Waals surface area contributed by atoms with Crippen LogP contribution in [-0.2, 0) is 16.0 Å². The molecule has 2 atom stereocenters. The summed E-state index contributed by atoms with van der Waals surface area (Å²) in [6.07, 6.45) is 3.71. The number of benzene rings is 2. The van der Waals surface area contributed by atoms with Crippen LogP contribution in [0.15, 0.2) is 48.5 Å². The van der Waals surface area contributed by atoms with Gasteiger partial charge in [0.05, 0.1) is 17.3 Å². The maximum Gasteiger partial charge on any atom is 0.323 e. The summed E-state index contributed by atoms with van der Waals surface area (Å²) in [6.45, 7) is 4.14. The summed E-state index contributed by atoms with van der Waals surface area (Å²) in [5, 5.41) is 0. The highest BCUT2D eigenvalue weighted by Crippen LogP contribution is 2.41. The van der Waals surface area contributed by atoms with E-state index in [4.69, 9.17) is 10.5 Å². The van der Waals surface area contributed by atoms with E-state index in [0.717, 1.165) is 42.5 Å². The topological polar surface area (TPSA) is 72.6 Å². The predicted molar refractivity (Wildman–Crippen MR) is 110 cm³/mol. The number of anilines is 2. The molecule has 0 bridgehead atoms. The Kier molecular flexibility index (Phi) is 6.34. The van der Waals surface area contributed by atoms with Gasteiger partial charge in [-0.25, -0.2) is 4.79 Å². The molecule has 0 spiro atoms. The smallest absolute Gasteiger partial charge is 0.323 e. The van der Waals surface area contributed by atoms with Crippen LogP contribution in [0.4, 0.5) is 16.2 Å². The summed E-state index contributed by atoms with van der Waals surface area (Å²) in [7, 11) is 0. The van der Waals surface area contributed by atoms with Gasteiger partial charge in [-0.05, 0) is 30.5 Å². The van der Waals surface area contributed by atoms with Crippen LogP contribution in [0.5, 0.6) is 0 Å². The van der Waals surface area contributed by atoms with E-state index < -0.39 is 12.1 Å². The molecule has 1 aliphatic heterocycles. The van der Waals surface area contributed by atoms with Crippen molar-refractivity contribution >= 4 is 23.4 Å². The van der Waals surface area contributed by atoms with E-state index in [1.54, 1.807) is 0 Å². The first-order valence-electron chi connectivity index (χ1n) is 10.0. The van der Waals surface area contributed by atoms with E-state index in [-0.39, 0.29) is 11.9 Å². The van der Waals surface area contributed by atoms with Gasteiger partial charge in [-0.1, -0.05) is 63.1 Å². The number of unbranched alkanes of at least 4 members (excludes halogenated alkanes) is 1. The highest BCUT2D eigenvalue weighted by molar-refractivity contribution is 6.00. The molecular formula is C23H28N2O3. The van der Waals surface area contributed by atoms with Gasteiger partial charge in [-0.15, -0.1) is 0 Å². The van der Waals surface area contributed by atoms with Crippen molar-refractivity contribution in [3.63, 3.8) is 0 Å². The molecule has 0 saturated heterocycles. The fourth-order valence-corrected chi connectivity index (χ4v) is 3.82. The van der Waals surface area contributed by atoms with Gasteiger partial charge in [0.2, 0.25) is 0 Å². The van der Waals surface area contributed by atoms with E-state index in [1.165, 1.54) is 4.90 Å². The second kappa shape index (κ2) is 8.91. The van der Waals surface area contributed by atoms with Crippen molar-refractivity contribution in [2.75, 3.05) is 4.90 Å². The summed E-state index contributed by atoms with van der Waals surface area (Å²) in [5.41, 5.74) is 8.85. The third-order valence-electron chi connectivity index (χ3n) is 5.37. The minimum atomic E-state index is -0.554. The van der Waals surface area contributed by atoms with Crippen LogP contribution in [0.3, 0.4) is 0 Å². The molecule has 28 heavy (non-hydrogen) atoms. The second-order valence-electron chi connectivity index (χ2n) is 7.24. The Morgan fingerprint density at radius 2 is 1.79 bits per heavy atom. The molecule has 2 unspecified atom stereocenters. The summed E-state index contributed by atoms with van der Waals surface area (Å²) in [6, 6.07) is 14.6. The molecule has 5 heteroatoms. The number of carbonyl (C=O) groups is 2. The van der Waals surface area contributed by atoms with Crippen molar-refractivity contribution in [3.8, 4) is 0 Å². The quantitative estimate of drug-likeness (QED) is 0.695. The molecule has 3 rings (SSSR count). The molecule has 1 aliphatic rings. The standard InChI is InChI=1S/C23H28N2O3/c1-3-5-10-16(4-2)22(26)28-21-15-17-11-6-8-13-19(17)25(23(24)27)20-14-9-7-12-18(20)21/h6-9,11-14,16,21H,3-5,10,15H2,1-2H3,(H2,24,27). The van der Waals surface area contributed by atoms with Crippen LogP contribution in [0.25, 0.3) is 0 Å². The summed E-state index contributed by atoms with van der Waals surface area (Å²) < 4.78 is 6.02. The summed E-state index contributed by atoms with van der Waals surface area (Å²) >= 11 is 0. The number of amides is 2. The number of hydrogen-bond acceptors (Lipinski definition) is 3. The fourth-order valence-electron chi connectivity index (χ4n) is 3.82. The zero-order chi connectivity index (χ0) is 20.1. The van der Waals surface area contributed by atoms with Gasteiger partial charge in [0, 0.05) is 12.0 Å². The highest BCUT2D eigenvalue weighted by Gasteiger charge is 2.32. The maximum absolute atomic E-state index is 12.9. The van der Waals surface area contributed by atoms with Gasteiger partial charge < -0.3 is 10.5 Å². The number of para-hydroxylation sites is 2. The number of esters is 1. The second-order valence-corrected chi connectivity index (χ2v) is 7.24. The molecule has 148 valence electrons. The van der Waals surface area contributed by atoms with Gasteiger partial charge >= 0.3 is 12.0 Å². The lowest BCUT2D eigenvalue weighted by Gasteiger charge is -2.24. The first kappa shape index (κ1) is 19.9. The van der Waals surface area contributed by atoms with Crippen molar-refractivity contribution in [2.45, 2.75) is 52.1 Å². The minimum Gasteiger partial charge on any atom is -0.457 e. The Bertz CT molecular complexity index is 849. The molecule has 2 amide bonds. The number of nitrogens with two attached hydrogens (primary N) is 1. The normalized spacial score (nSPS) is 16.5. The Morgan fingerprint density at radius 3 is 2.46 bits per heavy atom. The van der Waals surface area contributed by atoms with Crippen LogP contribution < -0.4 is 10.6 Å². The first-order valence-corrected chi connectivity index (χ1v) is 10.0. The van der Waals surface area contributed by atoms with Crippen LogP contribution in [0.1, 0.15) is 56.8 Å². The third kappa shape index (κ3) is 4.03. The maximum atomic E-state index is 12.9. The van der Waals surface area contributed by atoms with E-state index >= 15 is 0 Å². The molecule has 2 aromatic carbocycles. The Balaban J connectivity index is 1.99. The SMILES string of the molecule is CCCCC(CC)C(=O)OC1Cc2ccccc2N(C(N)=O)c2ccccc21. The molecule has 0 radical (unpaired) electrons. The molecular weight excluding hydrogens is 352 g/mol.